The fraction of sp³-hybridized carbons (Fsp3) is 1.00. The minimum absolute atomic E-state index is 0.111. The van der Waals surface area contributed by atoms with Gasteiger partial charge in [0, 0.05) is 0 Å². The lowest BCUT2D eigenvalue weighted by molar-refractivity contribution is 0.744. The van der Waals surface area contributed by atoms with Crippen molar-refractivity contribution in [2.24, 2.45) is 0 Å². The van der Waals surface area contributed by atoms with E-state index in [0.717, 1.165) is 0 Å². The van der Waals surface area contributed by atoms with Crippen LogP contribution in [0.3, 0.4) is 0 Å². The van der Waals surface area contributed by atoms with Crippen molar-refractivity contribution >= 4 is 22.4 Å². The Balaban J connectivity index is 2.95. The molecule has 0 spiro atoms. The van der Waals surface area contributed by atoms with E-state index in [0.29, 0.717) is 0 Å². The van der Waals surface area contributed by atoms with Crippen molar-refractivity contribution < 1.29 is 3.63 Å². The molecule has 0 rings (SSSR count). The molecule has 0 bridgehead atoms. The van der Waals surface area contributed by atoms with E-state index in [1.807, 2.05) is 0 Å². The number of thiol groups is 2. The second-order valence-corrected chi connectivity index (χ2v) is 5.61. The maximum Gasteiger partial charge on any atom is -0.0144 e. The zero-order valence-electron chi connectivity index (χ0n) is 5.30. The summed E-state index contributed by atoms with van der Waals surface area (Å²) in [6, 6.07) is 0. The van der Waals surface area contributed by atoms with Gasteiger partial charge in [-0.25, -0.2) is 0 Å². The minimum atomic E-state index is -0.111. The van der Waals surface area contributed by atoms with E-state index in [1.165, 1.54) is 0 Å². The largest absolute Gasteiger partial charge is 0.297 e. The standard InChI is InChI=1S/C4H14OS2/c1-6(2)5-7(3)4/h6-7H,1-4H3. The zero-order valence-corrected chi connectivity index (χ0v) is 7.09. The lowest BCUT2D eigenvalue weighted by Gasteiger charge is -2.15. The van der Waals surface area contributed by atoms with Gasteiger partial charge in [0.1, 0.15) is 0 Å². The highest BCUT2D eigenvalue weighted by Crippen LogP contribution is 2.30. The van der Waals surface area contributed by atoms with Gasteiger partial charge in [0.25, 0.3) is 0 Å². The van der Waals surface area contributed by atoms with Crippen LogP contribution in [0.2, 0.25) is 0 Å². The summed E-state index contributed by atoms with van der Waals surface area (Å²) in [5.41, 5.74) is 0. The van der Waals surface area contributed by atoms with Crippen molar-refractivity contribution in [3.05, 3.63) is 0 Å². The number of rotatable bonds is 2. The molecule has 0 fully saturated rings. The molecule has 0 N–H and O–H groups in total. The molecule has 0 heterocycles. The number of hydrogen-bond donors (Lipinski definition) is 2. The third-order valence-corrected chi connectivity index (χ3v) is 2.94. The van der Waals surface area contributed by atoms with Gasteiger partial charge in [-0.1, -0.05) is 0 Å². The molecule has 0 saturated carbocycles. The Morgan fingerprint density at radius 1 is 0.857 bits per heavy atom. The Kier molecular flexibility index (Phi) is 3.98. The van der Waals surface area contributed by atoms with Crippen LogP contribution in [0.5, 0.6) is 0 Å². The summed E-state index contributed by atoms with van der Waals surface area (Å²) in [5, 5.41) is 0. The van der Waals surface area contributed by atoms with Crippen molar-refractivity contribution in [3.63, 3.8) is 0 Å². The smallest absolute Gasteiger partial charge is 0.0144 e. The second kappa shape index (κ2) is 3.64. The first-order chi connectivity index (χ1) is 3.13. The van der Waals surface area contributed by atoms with E-state index in [-0.39, 0.29) is 22.4 Å². The van der Waals surface area contributed by atoms with Crippen LogP contribution in [-0.2, 0) is 3.63 Å². The first-order valence-electron chi connectivity index (χ1n) is 2.15. The molecule has 0 aliphatic carbocycles. The Morgan fingerprint density at radius 2 is 1.14 bits per heavy atom. The summed E-state index contributed by atoms with van der Waals surface area (Å²) in [4.78, 5) is 0. The van der Waals surface area contributed by atoms with Crippen molar-refractivity contribution in [1.82, 2.24) is 0 Å². The van der Waals surface area contributed by atoms with E-state index in [1.54, 1.807) is 0 Å². The van der Waals surface area contributed by atoms with Gasteiger partial charge < -0.3 is 0 Å². The first kappa shape index (κ1) is 7.66. The van der Waals surface area contributed by atoms with Crippen LogP contribution in [0.15, 0.2) is 0 Å². The van der Waals surface area contributed by atoms with Crippen LogP contribution in [0, 0.1) is 0 Å². The molecule has 0 aliphatic heterocycles. The highest BCUT2D eigenvalue weighted by Gasteiger charge is 1.86. The molecule has 0 atom stereocenters. The average Bonchev–Trinajstić information content (AvgIpc) is 1.27. The van der Waals surface area contributed by atoms with Crippen molar-refractivity contribution in [2.45, 2.75) is 0 Å². The normalized spacial score (nSPS) is 13.7. The molecule has 0 aromatic carbocycles. The first-order valence-corrected chi connectivity index (χ1v) is 6.46. The van der Waals surface area contributed by atoms with Gasteiger partial charge in [-0.05, 0) is 25.0 Å². The maximum atomic E-state index is 5.38. The fourth-order valence-corrected chi connectivity index (χ4v) is 2.94. The van der Waals surface area contributed by atoms with Crippen LogP contribution in [0.1, 0.15) is 0 Å². The highest BCUT2D eigenvalue weighted by molar-refractivity contribution is 8.24. The maximum absolute atomic E-state index is 5.38. The Bertz CT molecular complexity index is 39.0. The fourth-order valence-electron chi connectivity index (χ4n) is 0.327. The van der Waals surface area contributed by atoms with Gasteiger partial charge in [-0.15, -0.1) is 22.4 Å². The lowest BCUT2D eigenvalue weighted by Crippen LogP contribution is -1.78. The molecule has 48 valence electrons. The van der Waals surface area contributed by atoms with Crippen molar-refractivity contribution in [2.75, 3.05) is 25.0 Å². The molecular formula is C4H14OS2. The van der Waals surface area contributed by atoms with Crippen molar-refractivity contribution in [3.8, 4) is 0 Å². The Labute approximate surface area is 51.5 Å². The van der Waals surface area contributed by atoms with Gasteiger partial charge in [0.05, 0.1) is 0 Å². The van der Waals surface area contributed by atoms with Crippen LogP contribution >= 0.6 is 22.4 Å². The topological polar surface area (TPSA) is 9.23 Å². The van der Waals surface area contributed by atoms with Crippen molar-refractivity contribution in [1.29, 1.82) is 0 Å². The molecule has 3 heteroatoms. The van der Waals surface area contributed by atoms with Gasteiger partial charge in [0.2, 0.25) is 0 Å². The molecule has 0 aliphatic rings. The third kappa shape index (κ3) is 6.66. The molecule has 0 aromatic heterocycles. The summed E-state index contributed by atoms with van der Waals surface area (Å²) < 4.78 is 5.38. The Morgan fingerprint density at radius 3 is 1.14 bits per heavy atom. The predicted molar refractivity (Wildman–Crippen MR) is 42.8 cm³/mol. The molecule has 7 heavy (non-hydrogen) atoms. The van der Waals surface area contributed by atoms with Gasteiger partial charge in [-0.2, -0.15) is 0 Å². The van der Waals surface area contributed by atoms with E-state index >= 15 is 0 Å². The quantitative estimate of drug-likeness (QED) is 0.553. The summed E-state index contributed by atoms with van der Waals surface area (Å²) in [7, 11) is 0. The van der Waals surface area contributed by atoms with Crippen LogP contribution in [0.4, 0.5) is 0 Å². The third-order valence-electron chi connectivity index (χ3n) is 0.327. The summed E-state index contributed by atoms with van der Waals surface area (Å²) in [6.07, 6.45) is 8.49. The molecule has 0 radical (unpaired) electrons. The summed E-state index contributed by atoms with van der Waals surface area (Å²) >= 11 is -0.222. The summed E-state index contributed by atoms with van der Waals surface area (Å²) in [6.45, 7) is 0. The Hall–Kier alpha value is 0.660. The van der Waals surface area contributed by atoms with Gasteiger partial charge >= 0.3 is 0 Å². The van der Waals surface area contributed by atoms with E-state index in [4.69, 9.17) is 3.63 Å². The van der Waals surface area contributed by atoms with Gasteiger partial charge in [0.15, 0.2) is 0 Å². The molecule has 0 amide bonds. The van der Waals surface area contributed by atoms with Crippen LogP contribution in [0.25, 0.3) is 0 Å². The molecular weight excluding hydrogens is 128 g/mol. The summed E-state index contributed by atoms with van der Waals surface area (Å²) in [5.74, 6) is 0. The average molecular weight is 142 g/mol. The molecule has 1 nitrogen and oxygen atoms in total. The monoisotopic (exact) mass is 142 g/mol. The van der Waals surface area contributed by atoms with E-state index in [9.17, 15) is 0 Å². The zero-order chi connectivity index (χ0) is 5.86. The lowest BCUT2D eigenvalue weighted by atomic mass is 11.9. The predicted octanol–water partition coefficient (Wildman–Crippen LogP) is 1.35. The van der Waals surface area contributed by atoms with Crippen LogP contribution < -0.4 is 0 Å². The second-order valence-electron chi connectivity index (χ2n) is 1.71. The van der Waals surface area contributed by atoms with E-state index < -0.39 is 0 Å². The van der Waals surface area contributed by atoms with Crippen LogP contribution in [-0.4, -0.2) is 25.0 Å². The SMILES string of the molecule is C[SH](C)O[SH](C)C. The molecule has 0 unspecified atom stereocenters. The van der Waals surface area contributed by atoms with E-state index in [2.05, 4.69) is 25.0 Å². The molecule has 0 aromatic rings. The molecule has 0 saturated heterocycles. The van der Waals surface area contributed by atoms with Gasteiger partial charge in [-0.3, -0.25) is 3.63 Å². The minimum Gasteiger partial charge on any atom is -0.297 e. The highest BCUT2D eigenvalue weighted by atomic mass is 32.3. The number of hydrogen-bond acceptors (Lipinski definition) is 1.